The summed E-state index contributed by atoms with van der Waals surface area (Å²) in [6.45, 7) is 1.22. The molecule has 2 aromatic carbocycles. The molecule has 0 radical (unpaired) electrons. The maximum atomic E-state index is 5.91. The Morgan fingerprint density at radius 3 is 1.89 bits per heavy atom. The Hall–Kier alpha value is -1.31. The van der Waals surface area contributed by atoms with Crippen LogP contribution in [-0.2, 0) is 6.42 Å². The molecule has 2 heteroatoms. The van der Waals surface area contributed by atoms with Crippen LogP contribution >= 0.6 is 11.6 Å². The highest BCUT2D eigenvalue weighted by molar-refractivity contribution is 6.30. The van der Waals surface area contributed by atoms with Gasteiger partial charge in [-0.15, -0.1) is 0 Å². The summed E-state index contributed by atoms with van der Waals surface area (Å²) in [5.74, 6) is 0. The second-order valence-corrected chi connectivity index (χ2v) is 5.70. The summed E-state index contributed by atoms with van der Waals surface area (Å²) in [4.78, 5) is 1.51. The van der Waals surface area contributed by atoms with Crippen molar-refractivity contribution < 1.29 is 4.90 Å². The first-order valence-corrected chi connectivity index (χ1v) is 7.17. The highest BCUT2D eigenvalue weighted by atomic mass is 35.5. The van der Waals surface area contributed by atoms with E-state index < -0.39 is 0 Å². The minimum atomic E-state index is 0.784. The van der Waals surface area contributed by atoms with Gasteiger partial charge in [-0.05, 0) is 35.2 Å². The van der Waals surface area contributed by atoms with Crippen LogP contribution in [0.2, 0.25) is 5.02 Å². The van der Waals surface area contributed by atoms with Crippen molar-refractivity contribution in [3.8, 4) is 11.1 Å². The van der Waals surface area contributed by atoms with Gasteiger partial charge in [-0.3, -0.25) is 0 Å². The van der Waals surface area contributed by atoms with E-state index in [1.807, 2.05) is 12.1 Å². The van der Waals surface area contributed by atoms with Gasteiger partial charge in [0.05, 0.1) is 20.6 Å². The minimum absolute atomic E-state index is 0.784. The molecule has 0 spiro atoms. The van der Waals surface area contributed by atoms with Crippen LogP contribution in [0.25, 0.3) is 11.1 Å². The molecule has 0 bridgehead atoms. The molecule has 2 aromatic rings. The van der Waals surface area contributed by atoms with Crippen molar-refractivity contribution >= 4 is 11.6 Å². The fourth-order valence-electron chi connectivity index (χ4n) is 2.15. The van der Waals surface area contributed by atoms with Gasteiger partial charge in [-0.1, -0.05) is 48.0 Å². The Bertz CT molecular complexity index is 500. The smallest absolute Gasteiger partial charge is 0.0770 e. The van der Waals surface area contributed by atoms with Crippen LogP contribution in [0.3, 0.4) is 0 Å². The zero-order valence-corrected chi connectivity index (χ0v) is 12.4. The summed E-state index contributed by atoms with van der Waals surface area (Å²) in [5.41, 5.74) is 3.88. The monoisotopic (exact) mass is 274 g/mol. The third-order valence-corrected chi connectivity index (χ3v) is 3.53. The van der Waals surface area contributed by atoms with Crippen LogP contribution in [0, 0.1) is 0 Å². The average molecular weight is 275 g/mol. The number of quaternary nitrogens is 1. The van der Waals surface area contributed by atoms with Crippen molar-refractivity contribution in [2.45, 2.75) is 12.8 Å². The molecule has 19 heavy (non-hydrogen) atoms. The molecular formula is C17H21ClN+. The van der Waals surface area contributed by atoms with Crippen molar-refractivity contribution in [1.29, 1.82) is 0 Å². The molecule has 0 unspecified atom stereocenters. The van der Waals surface area contributed by atoms with E-state index in [0.717, 1.165) is 11.4 Å². The molecule has 0 amide bonds. The van der Waals surface area contributed by atoms with Gasteiger partial charge < -0.3 is 4.90 Å². The lowest BCUT2D eigenvalue weighted by molar-refractivity contribution is -0.858. The van der Waals surface area contributed by atoms with E-state index in [1.165, 1.54) is 34.6 Å². The SMILES string of the molecule is C[NH+](C)CCCc1ccc(-c2ccc(Cl)cc2)cc1. The van der Waals surface area contributed by atoms with Crippen molar-refractivity contribution in [3.05, 3.63) is 59.1 Å². The van der Waals surface area contributed by atoms with Gasteiger partial charge in [0.15, 0.2) is 0 Å². The number of benzene rings is 2. The van der Waals surface area contributed by atoms with Crippen molar-refractivity contribution in [2.75, 3.05) is 20.6 Å². The fraction of sp³-hybridized carbons (Fsp3) is 0.294. The normalized spacial score (nSPS) is 10.9. The quantitative estimate of drug-likeness (QED) is 0.855. The van der Waals surface area contributed by atoms with Gasteiger partial charge in [0.1, 0.15) is 0 Å². The lowest BCUT2D eigenvalue weighted by Gasteiger charge is -2.07. The zero-order chi connectivity index (χ0) is 13.7. The van der Waals surface area contributed by atoms with E-state index >= 15 is 0 Å². The van der Waals surface area contributed by atoms with Gasteiger partial charge in [0, 0.05) is 11.4 Å². The van der Waals surface area contributed by atoms with Gasteiger partial charge in [-0.2, -0.15) is 0 Å². The number of hydrogen-bond donors (Lipinski definition) is 1. The molecule has 0 atom stereocenters. The molecule has 0 fully saturated rings. The van der Waals surface area contributed by atoms with Crippen LogP contribution < -0.4 is 4.90 Å². The zero-order valence-electron chi connectivity index (χ0n) is 11.6. The van der Waals surface area contributed by atoms with Crippen LogP contribution in [-0.4, -0.2) is 20.6 Å². The lowest BCUT2D eigenvalue weighted by atomic mass is 10.0. The molecule has 0 heterocycles. The molecule has 0 aliphatic heterocycles. The van der Waals surface area contributed by atoms with Gasteiger partial charge in [-0.25, -0.2) is 0 Å². The summed E-state index contributed by atoms with van der Waals surface area (Å²) < 4.78 is 0. The largest absolute Gasteiger partial charge is 0.340 e. The molecule has 100 valence electrons. The molecular weight excluding hydrogens is 254 g/mol. The standard InChI is InChI=1S/C17H20ClN/c1-19(2)13-3-4-14-5-7-15(8-6-14)16-9-11-17(18)12-10-16/h5-12H,3-4,13H2,1-2H3/p+1. The van der Waals surface area contributed by atoms with E-state index in [0.29, 0.717) is 0 Å². The summed E-state index contributed by atoms with van der Waals surface area (Å²) in [6, 6.07) is 16.8. The number of hydrogen-bond acceptors (Lipinski definition) is 0. The van der Waals surface area contributed by atoms with Gasteiger partial charge in [0.25, 0.3) is 0 Å². The first-order chi connectivity index (χ1) is 9.15. The summed E-state index contributed by atoms with van der Waals surface area (Å²) in [5, 5.41) is 0.784. The highest BCUT2D eigenvalue weighted by Gasteiger charge is 2.00. The van der Waals surface area contributed by atoms with Crippen molar-refractivity contribution in [3.63, 3.8) is 0 Å². The summed E-state index contributed by atoms with van der Waals surface area (Å²) in [6.07, 6.45) is 2.40. The third-order valence-electron chi connectivity index (χ3n) is 3.27. The Balaban J connectivity index is 2.00. The van der Waals surface area contributed by atoms with Gasteiger partial charge in [0.2, 0.25) is 0 Å². The second kappa shape index (κ2) is 6.74. The molecule has 0 saturated heterocycles. The highest BCUT2D eigenvalue weighted by Crippen LogP contribution is 2.22. The number of aryl methyl sites for hydroxylation is 1. The Morgan fingerprint density at radius 1 is 0.842 bits per heavy atom. The molecule has 1 N–H and O–H groups in total. The molecule has 0 aliphatic rings. The van der Waals surface area contributed by atoms with E-state index in [2.05, 4.69) is 50.5 Å². The predicted molar refractivity (Wildman–Crippen MR) is 82.9 cm³/mol. The number of nitrogens with one attached hydrogen (secondary N) is 1. The van der Waals surface area contributed by atoms with Crippen LogP contribution in [0.15, 0.2) is 48.5 Å². The summed E-state index contributed by atoms with van der Waals surface area (Å²) >= 11 is 5.91. The minimum Gasteiger partial charge on any atom is -0.340 e. The average Bonchev–Trinajstić information content (AvgIpc) is 2.40. The predicted octanol–water partition coefficient (Wildman–Crippen LogP) is 3.08. The molecule has 1 nitrogen and oxygen atoms in total. The van der Waals surface area contributed by atoms with Gasteiger partial charge >= 0.3 is 0 Å². The third kappa shape index (κ3) is 4.38. The number of halogens is 1. The van der Waals surface area contributed by atoms with Crippen LogP contribution in [0.1, 0.15) is 12.0 Å². The van der Waals surface area contributed by atoms with Crippen LogP contribution in [0.4, 0.5) is 0 Å². The van der Waals surface area contributed by atoms with E-state index in [4.69, 9.17) is 11.6 Å². The van der Waals surface area contributed by atoms with Crippen molar-refractivity contribution in [2.24, 2.45) is 0 Å². The molecule has 0 aliphatic carbocycles. The first-order valence-electron chi connectivity index (χ1n) is 6.79. The fourth-order valence-corrected chi connectivity index (χ4v) is 2.28. The second-order valence-electron chi connectivity index (χ2n) is 5.26. The molecule has 0 saturated carbocycles. The topological polar surface area (TPSA) is 4.44 Å². The van der Waals surface area contributed by atoms with E-state index in [1.54, 1.807) is 0 Å². The Labute approximate surface area is 120 Å². The molecule has 2 rings (SSSR count). The maximum absolute atomic E-state index is 5.91. The lowest BCUT2D eigenvalue weighted by Crippen LogP contribution is -3.05. The summed E-state index contributed by atoms with van der Waals surface area (Å²) in [7, 11) is 4.40. The van der Waals surface area contributed by atoms with Crippen LogP contribution in [0.5, 0.6) is 0 Å². The van der Waals surface area contributed by atoms with E-state index in [9.17, 15) is 0 Å². The molecule has 0 aromatic heterocycles. The number of rotatable bonds is 5. The maximum Gasteiger partial charge on any atom is 0.0770 e. The van der Waals surface area contributed by atoms with E-state index in [-0.39, 0.29) is 0 Å². The Kier molecular flexibility index (Phi) is 5.00. The first kappa shape index (κ1) is 14.1. The van der Waals surface area contributed by atoms with Crippen molar-refractivity contribution in [1.82, 2.24) is 0 Å². The Morgan fingerprint density at radius 2 is 1.37 bits per heavy atom.